The summed E-state index contributed by atoms with van der Waals surface area (Å²) >= 11 is 0. The van der Waals surface area contributed by atoms with Crippen molar-refractivity contribution in [3.8, 4) is 0 Å². The maximum absolute atomic E-state index is 10.8. The molecule has 1 nitrogen and oxygen atoms in total. The molecule has 1 heteroatoms. The van der Waals surface area contributed by atoms with Crippen LogP contribution in [0.5, 0.6) is 0 Å². The highest BCUT2D eigenvalue weighted by molar-refractivity contribution is 4.87. The molecule has 0 saturated heterocycles. The normalized spacial score (nSPS) is 41.4. The van der Waals surface area contributed by atoms with E-state index < -0.39 is 0 Å². The molecule has 0 amide bonds. The lowest BCUT2D eigenvalue weighted by Gasteiger charge is -2.42. The van der Waals surface area contributed by atoms with E-state index in [1.54, 1.807) is 0 Å². The summed E-state index contributed by atoms with van der Waals surface area (Å²) in [6.07, 6.45) is 8.96. The molecule has 118 valence electrons. The van der Waals surface area contributed by atoms with E-state index in [9.17, 15) is 5.11 Å². The number of aliphatic hydroxyl groups excluding tert-OH is 1. The Balaban J connectivity index is 1.84. The average Bonchev–Trinajstić information content (AvgIpc) is 2.40. The van der Waals surface area contributed by atoms with Gasteiger partial charge in [0.05, 0.1) is 6.10 Å². The topological polar surface area (TPSA) is 20.2 Å². The van der Waals surface area contributed by atoms with Gasteiger partial charge in [-0.3, -0.25) is 0 Å². The lowest BCUT2D eigenvalue weighted by Crippen LogP contribution is -2.37. The van der Waals surface area contributed by atoms with Crippen molar-refractivity contribution in [2.75, 3.05) is 0 Å². The van der Waals surface area contributed by atoms with Crippen LogP contribution in [0.15, 0.2) is 0 Å². The predicted molar refractivity (Wildman–Crippen MR) is 86.6 cm³/mol. The minimum absolute atomic E-state index is 0.0223. The first kappa shape index (κ1) is 16.3. The van der Waals surface area contributed by atoms with Gasteiger partial charge in [-0.05, 0) is 73.5 Å². The third kappa shape index (κ3) is 3.78. The second-order valence-electron chi connectivity index (χ2n) is 9.00. The van der Waals surface area contributed by atoms with Gasteiger partial charge in [0.25, 0.3) is 0 Å². The van der Waals surface area contributed by atoms with E-state index >= 15 is 0 Å². The molecular formula is C19H36O. The first-order chi connectivity index (χ1) is 9.29. The quantitative estimate of drug-likeness (QED) is 0.730. The Kier molecular flexibility index (Phi) is 5.21. The van der Waals surface area contributed by atoms with Crippen LogP contribution in [-0.4, -0.2) is 11.2 Å². The van der Waals surface area contributed by atoms with Gasteiger partial charge in [-0.25, -0.2) is 0 Å². The monoisotopic (exact) mass is 280 g/mol. The second kappa shape index (κ2) is 6.38. The van der Waals surface area contributed by atoms with Gasteiger partial charge < -0.3 is 5.11 Å². The number of aliphatic hydroxyl groups is 1. The predicted octanol–water partition coefficient (Wildman–Crippen LogP) is 5.27. The molecule has 0 aromatic rings. The summed E-state index contributed by atoms with van der Waals surface area (Å²) < 4.78 is 0. The molecule has 0 radical (unpaired) electrons. The largest absolute Gasteiger partial charge is 0.393 e. The van der Waals surface area contributed by atoms with Crippen LogP contribution in [0.4, 0.5) is 0 Å². The summed E-state index contributed by atoms with van der Waals surface area (Å²) in [4.78, 5) is 0. The van der Waals surface area contributed by atoms with Gasteiger partial charge >= 0.3 is 0 Å². The van der Waals surface area contributed by atoms with Crippen molar-refractivity contribution >= 4 is 0 Å². The molecule has 0 aromatic carbocycles. The van der Waals surface area contributed by atoms with Crippen molar-refractivity contribution in [1.29, 1.82) is 0 Å². The van der Waals surface area contributed by atoms with Crippen molar-refractivity contribution in [1.82, 2.24) is 0 Å². The summed E-state index contributed by atoms with van der Waals surface area (Å²) in [6.45, 7) is 11.9. The molecule has 2 rings (SSSR count). The zero-order valence-electron chi connectivity index (χ0n) is 14.4. The summed E-state index contributed by atoms with van der Waals surface area (Å²) in [6, 6.07) is 0. The lowest BCUT2D eigenvalue weighted by molar-refractivity contribution is -0.0106. The smallest absolute Gasteiger partial charge is 0.0596 e. The molecule has 1 N–H and O–H groups in total. The van der Waals surface area contributed by atoms with Gasteiger partial charge in [0, 0.05) is 0 Å². The molecule has 4 unspecified atom stereocenters. The van der Waals surface area contributed by atoms with Crippen LogP contribution in [0.25, 0.3) is 0 Å². The molecule has 0 bridgehead atoms. The van der Waals surface area contributed by atoms with Crippen molar-refractivity contribution in [2.24, 2.45) is 35.0 Å². The Morgan fingerprint density at radius 1 is 0.800 bits per heavy atom. The Morgan fingerprint density at radius 3 is 1.85 bits per heavy atom. The minimum atomic E-state index is -0.0223. The molecule has 0 heterocycles. The number of hydrogen-bond acceptors (Lipinski definition) is 1. The molecule has 2 aliphatic rings. The Labute approximate surface area is 126 Å². The molecule has 0 aliphatic heterocycles. The highest BCUT2D eigenvalue weighted by Crippen LogP contribution is 2.44. The van der Waals surface area contributed by atoms with Gasteiger partial charge in [0.2, 0.25) is 0 Å². The van der Waals surface area contributed by atoms with Crippen LogP contribution in [0.2, 0.25) is 0 Å². The van der Waals surface area contributed by atoms with Crippen molar-refractivity contribution < 1.29 is 5.11 Å². The molecule has 2 saturated carbocycles. The van der Waals surface area contributed by atoms with Gasteiger partial charge in [0.15, 0.2) is 0 Å². The standard InChI is InChI=1S/C19H36O/c1-13-6-7-16(12-14(13)2)18(20)15-8-10-17(11-9-15)19(3,4)5/h13-18,20H,6-12H2,1-5H3. The summed E-state index contributed by atoms with van der Waals surface area (Å²) in [5, 5.41) is 10.8. The molecule has 2 fully saturated rings. The van der Waals surface area contributed by atoms with Crippen LogP contribution < -0.4 is 0 Å². The van der Waals surface area contributed by atoms with Crippen LogP contribution in [-0.2, 0) is 0 Å². The van der Waals surface area contributed by atoms with Crippen LogP contribution >= 0.6 is 0 Å². The van der Waals surface area contributed by atoms with E-state index in [-0.39, 0.29) is 6.10 Å². The van der Waals surface area contributed by atoms with Crippen molar-refractivity contribution in [2.45, 2.75) is 85.7 Å². The van der Waals surface area contributed by atoms with E-state index in [0.717, 1.165) is 17.8 Å². The summed E-state index contributed by atoms with van der Waals surface area (Å²) in [7, 11) is 0. The second-order valence-corrected chi connectivity index (χ2v) is 9.00. The van der Waals surface area contributed by atoms with Crippen LogP contribution in [0.3, 0.4) is 0 Å². The fraction of sp³-hybridized carbons (Fsp3) is 1.00. The molecule has 0 aromatic heterocycles. The zero-order chi connectivity index (χ0) is 14.9. The third-order valence-corrected chi connectivity index (χ3v) is 6.60. The number of hydrogen-bond donors (Lipinski definition) is 1. The van der Waals surface area contributed by atoms with Gasteiger partial charge in [-0.1, -0.05) is 41.0 Å². The molecular weight excluding hydrogens is 244 g/mol. The van der Waals surface area contributed by atoms with Crippen LogP contribution in [0.1, 0.15) is 79.6 Å². The Bertz CT molecular complexity index is 295. The highest BCUT2D eigenvalue weighted by atomic mass is 16.3. The fourth-order valence-electron chi connectivity index (χ4n) is 4.61. The average molecular weight is 280 g/mol. The maximum Gasteiger partial charge on any atom is 0.0596 e. The summed E-state index contributed by atoms with van der Waals surface area (Å²) in [5.41, 5.74) is 0.449. The first-order valence-electron chi connectivity index (χ1n) is 8.97. The van der Waals surface area contributed by atoms with Crippen molar-refractivity contribution in [3.63, 3.8) is 0 Å². The zero-order valence-corrected chi connectivity index (χ0v) is 14.4. The third-order valence-electron chi connectivity index (χ3n) is 6.60. The van der Waals surface area contributed by atoms with E-state index in [2.05, 4.69) is 34.6 Å². The van der Waals surface area contributed by atoms with E-state index in [4.69, 9.17) is 0 Å². The Morgan fingerprint density at radius 2 is 1.35 bits per heavy atom. The minimum Gasteiger partial charge on any atom is -0.393 e. The van der Waals surface area contributed by atoms with Gasteiger partial charge in [-0.15, -0.1) is 0 Å². The van der Waals surface area contributed by atoms with Crippen molar-refractivity contribution in [3.05, 3.63) is 0 Å². The number of rotatable bonds is 2. The maximum atomic E-state index is 10.8. The van der Waals surface area contributed by atoms with E-state index in [0.29, 0.717) is 17.3 Å². The Hall–Kier alpha value is -0.0400. The molecule has 2 aliphatic carbocycles. The first-order valence-corrected chi connectivity index (χ1v) is 8.97. The van der Waals surface area contributed by atoms with Gasteiger partial charge in [0.1, 0.15) is 0 Å². The van der Waals surface area contributed by atoms with E-state index in [1.165, 1.54) is 44.9 Å². The fourth-order valence-corrected chi connectivity index (χ4v) is 4.61. The molecule has 20 heavy (non-hydrogen) atoms. The van der Waals surface area contributed by atoms with E-state index in [1.807, 2.05) is 0 Å². The summed E-state index contributed by atoms with van der Waals surface area (Å²) in [5.74, 6) is 3.68. The van der Waals surface area contributed by atoms with Gasteiger partial charge in [-0.2, -0.15) is 0 Å². The van der Waals surface area contributed by atoms with Crippen LogP contribution in [0, 0.1) is 35.0 Å². The SMILES string of the molecule is CC1CCC(C(O)C2CCC(C(C)(C)C)CC2)CC1C. The molecule has 0 spiro atoms. The highest BCUT2D eigenvalue weighted by Gasteiger charge is 2.37. The lowest BCUT2D eigenvalue weighted by atomic mass is 9.65. The molecule has 4 atom stereocenters.